The first-order chi connectivity index (χ1) is 13.0. The highest BCUT2D eigenvalue weighted by atomic mass is 16.5. The molecule has 0 aliphatic carbocycles. The second kappa shape index (κ2) is 7.35. The highest BCUT2D eigenvalue weighted by molar-refractivity contribution is 5.77. The normalized spacial score (nSPS) is 21.5. The number of carbonyl (C=O) groups excluding carboxylic acids is 1. The van der Waals surface area contributed by atoms with E-state index in [2.05, 4.69) is 28.4 Å². The first-order valence-electron chi connectivity index (χ1n) is 9.77. The predicted molar refractivity (Wildman–Crippen MR) is 104 cm³/mol. The molecule has 3 heterocycles. The van der Waals surface area contributed by atoms with Gasteiger partial charge in [0.1, 0.15) is 11.4 Å². The van der Waals surface area contributed by atoms with Gasteiger partial charge in [-0.2, -0.15) is 5.10 Å². The van der Waals surface area contributed by atoms with Gasteiger partial charge in [-0.05, 0) is 38.4 Å². The highest BCUT2D eigenvalue weighted by Gasteiger charge is 2.43. The van der Waals surface area contributed by atoms with Gasteiger partial charge < -0.3 is 15.0 Å². The van der Waals surface area contributed by atoms with Gasteiger partial charge in [0.25, 0.3) is 0 Å². The van der Waals surface area contributed by atoms with Crippen LogP contribution in [0.4, 0.5) is 0 Å². The largest absolute Gasteiger partial charge is 0.487 e. The molecule has 1 aromatic carbocycles. The number of nitrogens with zero attached hydrogens (tertiary/aromatic N) is 3. The smallest absolute Gasteiger partial charge is 0.220 e. The molecule has 2 aromatic rings. The van der Waals surface area contributed by atoms with Crippen molar-refractivity contribution in [3.8, 4) is 5.75 Å². The quantitative estimate of drug-likeness (QED) is 0.901. The summed E-state index contributed by atoms with van der Waals surface area (Å²) in [5, 5.41) is 7.45. The Balaban J connectivity index is 1.47. The van der Waals surface area contributed by atoms with Crippen LogP contribution in [0, 0.1) is 0 Å². The number of hydrogen-bond donors (Lipinski definition) is 1. The van der Waals surface area contributed by atoms with Gasteiger partial charge in [0.15, 0.2) is 0 Å². The predicted octanol–water partition coefficient (Wildman–Crippen LogP) is 2.46. The maximum Gasteiger partial charge on any atom is 0.220 e. The van der Waals surface area contributed by atoms with Gasteiger partial charge >= 0.3 is 0 Å². The Morgan fingerprint density at radius 1 is 1.26 bits per heavy atom. The van der Waals surface area contributed by atoms with Crippen molar-refractivity contribution in [3.05, 3.63) is 47.8 Å². The van der Waals surface area contributed by atoms with E-state index in [0.717, 1.165) is 49.4 Å². The van der Waals surface area contributed by atoms with E-state index in [-0.39, 0.29) is 17.6 Å². The number of ether oxygens (including phenoxy) is 1. The van der Waals surface area contributed by atoms with E-state index in [1.807, 2.05) is 36.0 Å². The lowest BCUT2D eigenvalue weighted by molar-refractivity contribution is -0.122. The molecule has 4 rings (SSSR count). The molecule has 1 spiro atoms. The minimum Gasteiger partial charge on any atom is -0.487 e. The number of hydrogen-bond acceptors (Lipinski definition) is 4. The summed E-state index contributed by atoms with van der Waals surface area (Å²) < 4.78 is 8.29. The van der Waals surface area contributed by atoms with Crippen LogP contribution in [0.3, 0.4) is 0 Å². The Morgan fingerprint density at radius 3 is 2.78 bits per heavy atom. The van der Waals surface area contributed by atoms with Gasteiger partial charge in [-0.1, -0.05) is 18.2 Å². The van der Waals surface area contributed by atoms with Gasteiger partial charge in [-0.3, -0.25) is 9.48 Å². The number of carbonyl (C=O) groups is 1. The van der Waals surface area contributed by atoms with E-state index < -0.39 is 0 Å². The number of fused-ring (bicyclic) bond motifs is 1. The summed E-state index contributed by atoms with van der Waals surface area (Å²) in [6, 6.07) is 10.1. The van der Waals surface area contributed by atoms with E-state index in [4.69, 9.17) is 4.74 Å². The number of amides is 1. The molecule has 1 atom stereocenters. The number of aryl methyl sites for hydroxylation is 2. The third-order valence-corrected chi connectivity index (χ3v) is 5.96. The Labute approximate surface area is 160 Å². The second-order valence-corrected chi connectivity index (χ2v) is 7.90. The lowest BCUT2D eigenvalue weighted by Gasteiger charge is -2.46. The summed E-state index contributed by atoms with van der Waals surface area (Å²) in [7, 11) is 4.06. The molecule has 1 aromatic heterocycles. The van der Waals surface area contributed by atoms with Crippen LogP contribution in [0.1, 0.15) is 43.0 Å². The molecule has 1 saturated heterocycles. The summed E-state index contributed by atoms with van der Waals surface area (Å²) in [6.07, 6.45) is 5.78. The van der Waals surface area contributed by atoms with E-state index in [1.54, 1.807) is 6.20 Å². The molecule has 1 N–H and O–H groups in total. The molecule has 0 bridgehead atoms. The van der Waals surface area contributed by atoms with Gasteiger partial charge in [0.2, 0.25) is 5.91 Å². The van der Waals surface area contributed by atoms with Crippen LogP contribution < -0.4 is 10.1 Å². The Bertz CT molecular complexity index is 808. The van der Waals surface area contributed by atoms with Crippen molar-refractivity contribution in [2.24, 2.45) is 7.05 Å². The summed E-state index contributed by atoms with van der Waals surface area (Å²) >= 11 is 0. The van der Waals surface area contributed by atoms with E-state index >= 15 is 0 Å². The van der Waals surface area contributed by atoms with Crippen LogP contribution >= 0.6 is 0 Å². The van der Waals surface area contributed by atoms with Crippen molar-refractivity contribution in [2.75, 3.05) is 20.1 Å². The Kier molecular flexibility index (Phi) is 4.91. The van der Waals surface area contributed by atoms with Crippen LogP contribution in [0.15, 0.2) is 36.5 Å². The Hall–Kier alpha value is -2.34. The average Bonchev–Trinajstić information content (AvgIpc) is 3.08. The zero-order valence-electron chi connectivity index (χ0n) is 16.1. The molecule has 27 heavy (non-hydrogen) atoms. The number of nitrogens with one attached hydrogen (secondary N) is 1. The van der Waals surface area contributed by atoms with Gasteiger partial charge in [0, 0.05) is 50.4 Å². The van der Waals surface area contributed by atoms with E-state index in [1.165, 1.54) is 0 Å². The zero-order chi connectivity index (χ0) is 18.9. The minimum absolute atomic E-state index is 0.0115. The maximum absolute atomic E-state index is 12.7. The lowest BCUT2D eigenvalue weighted by Crippen LogP contribution is -2.51. The summed E-state index contributed by atoms with van der Waals surface area (Å²) in [5.74, 6) is 1.01. The molecular formula is C21H28N4O2. The highest BCUT2D eigenvalue weighted by Crippen LogP contribution is 2.44. The zero-order valence-corrected chi connectivity index (χ0v) is 16.1. The summed E-state index contributed by atoms with van der Waals surface area (Å²) in [6.45, 7) is 2.06. The molecule has 0 radical (unpaired) electrons. The summed E-state index contributed by atoms with van der Waals surface area (Å²) in [4.78, 5) is 15.0. The number of rotatable bonds is 4. The third-order valence-electron chi connectivity index (χ3n) is 5.96. The van der Waals surface area contributed by atoms with E-state index in [0.29, 0.717) is 12.8 Å². The van der Waals surface area contributed by atoms with Crippen molar-refractivity contribution < 1.29 is 9.53 Å². The topological polar surface area (TPSA) is 59.4 Å². The van der Waals surface area contributed by atoms with Crippen molar-refractivity contribution in [2.45, 2.75) is 43.7 Å². The van der Waals surface area contributed by atoms with Crippen LogP contribution in [0.25, 0.3) is 0 Å². The SMILES string of the molecule is CN1CCC2(CC1)CC(NC(=O)CCc1ccnn1C)c1ccccc1O2. The number of benzene rings is 1. The second-order valence-electron chi connectivity index (χ2n) is 7.90. The molecule has 6 heteroatoms. The van der Waals surface area contributed by atoms with Gasteiger partial charge in [-0.25, -0.2) is 0 Å². The average molecular weight is 368 g/mol. The van der Waals surface area contributed by atoms with Crippen molar-refractivity contribution in [1.82, 2.24) is 20.0 Å². The Morgan fingerprint density at radius 2 is 2.04 bits per heavy atom. The molecule has 1 fully saturated rings. The van der Waals surface area contributed by atoms with Crippen molar-refractivity contribution in [1.29, 1.82) is 0 Å². The fraction of sp³-hybridized carbons (Fsp3) is 0.524. The van der Waals surface area contributed by atoms with Crippen LogP contribution in [-0.2, 0) is 18.3 Å². The lowest BCUT2D eigenvalue weighted by atomic mass is 9.80. The molecule has 6 nitrogen and oxygen atoms in total. The number of piperidine rings is 1. The van der Waals surface area contributed by atoms with Gasteiger partial charge in [0.05, 0.1) is 6.04 Å². The van der Waals surface area contributed by atoms with Crippen molar-refractivity contribution in [3.63, 3.8) is 0 Å². The molecule has 1 unspecified atom stereocenters. The number of aromatic nitrogens is 2. The number of para-hydroxylation sites is 1. The third kappa shape index (κ3) is 3.86. The molecule has 0 saturated carbocycles. The van der Waals surface area contributed by atoms with Crippen LogP contribution in [0.2, 0.25) is 0 Å². The first-order valence-corrected chi connectivity index (χ1v) is 9.77. The molecule has 2 aliphatic rings. The summed E-state index contributed by atoms with van der Waals surface area (Å²) in [5.41, 5.74) is 2.00. The first kappa shape index (κ1) is 18.0. The van der Waals surface area contributed by atoms with Crippen LogP contribution in [0.5, 0.6) is 5.75 Å². The molecule has 1 amide bonds. The standard InChI is InChI=1S/C21H28N4O2/c1-24-13-10-21(11-14-24)15-18(17-5-3-4-6-19(17)27-21)23-20(26)8-7-16-9-12-22-25(16)2/h3-6,9,12,18H,7-8,10-11,13-15H2,1-2H3,(H,23,26). The molecule has 144 valence electrons. The molecular weight excluding hydrogens is 340 g/mol. The fourth-order valence-corrected chi connectivity index (χ4v) is 4.23. The number of likely N-dealkylation sites (tertiary alicyclic amines) is 1. The monoisotopic (exact) mass is 368 g/mol. The van der Waals surface area contributed by atoms with Crippen molar-refractivity contribution >= 4 is 5.91 Å². The fourth-order valence-electron chi connectivity index (χ4n) is 4.23. The minimum atomic E-state index is -0.166. The maximum atomic E-state index is 12.7. The molecule has 2 aliphatic heterocycles. The van der Waals surface area contributed by atoms with Gasteiger partial charge in [-0.15, -0.1) is 0 Å². The van der Waals surface area contributed by atoms with E-state index in [9.17, 15) is 4.79 Å². The van der Waals surface area contributed by atoms with Crippen LogP contribution in [-0.4, -0.2) is 46.3 Å².